The quantitative estimate of drug-likeness (QED) is 0.725. The molecule has 2 nitrogen and oxygen atoms in total. The van der Waals surface area contributed by atoms with Crippen molar-refractivity contribution < 1.29 is 13.2 Å². The summed E-state index contributed by atoms with van der Waals surface area (Å²) >= 11 is 0. The predicted octanol–water partition coefficient (Wildman–Crippen LogP) is 3.04. The molecule has 0 saturated carbocycles. The molecule has 0 radical (unpaired) electrons. The smallest absolute Gasteiger partial charge is 0.334 e. The van der Waals surface area contributed by atoms with Crippen LogP contribution in [0.1, 0.15) is 24.9 Å². The summed E-state index contributed by atoms with van der Waals surface area (Å²) < 4.78 is 39.3. The molecule has 0 spiro atoms. The first-order valence-corrected chi connectivity index (χ1v) is 5.16. The molecule has 1 aromatic heterocycles. The predicted molar refractivity (Wildman–Crippen MR) is 54.8 cm³/mol. The fourth-order valence-electron chi connectivity index (χ4n) is 1.92. The van der Waals surface area contributed by atoms with Crippen LogP contribution in [-0.4, -0.2) is 15.7 Å². The van der Waals surface area contributed by atoms with Crippen molar-refractivity contribution in [2.45, 2.75) is 32.5 Å². The molecule has 1 atom stereocenters. The molecule has 1 aliphatic rings. The second-order valence-corrected chi connectivity index (χ2v) is 4.25. The molecule has 0 saturated heterocycles. The van der Waals surface area contributed by atoms with E-state index in [0.29, 0.717) is 12.1 Å². The van der Waals surface area contributed by atoms with Crippen molar-refractivity contribution in [3.63, 3.8) is 0 Å². The Kier molecular flexibility index (Phi) is 2.56. The van der Waals surface area contributed by atoms with Crippen LogP contribution in [0.3, 0.4) is 0 Å². The molecule has 0 aromatic carbocycles. The van der Waals surface area contributed by atoms with Gasteiger partial charge >= 0.3 is 6.18 Å². The van der Waals surface area contributed by atoms with Crippen LogP contribution in [0.5, 0.6) is 0 Å². The van der Waals surface area contributed by atoms with Gasteiger partial charge < -0.3 is 4.57 Å². The van der Waals surface area contributed by atoms with Crippen molar-refractivity contribution in [3.05, 3.63) is 24.3 Å². The molecule has 88 valence electrons. The van der Waals surface area contributed by atoms with Gasteiger partial charge in [0, 0.05) is 19.2 Å². The van der Waals surface area contributed by atoms with Crippen LogP contribution in [0.4, 0.5) is 13.2 Å². The summed E-state index contributed by atoms with van der Waals surface area (Å²) in [6.07, 6.45) is -1.92. The van der Waals surface area contributed by atoms with E-state index >= 15 is 0 Å². The molecular formula is C11H13F3N2. The minimum absolute atomic E-state index is 0.0148. The number of halogens is 3. The van der Waals surface area contributed by atoms with Crippen LogP contribution in [0.15, 0.2) is 12.8 Å². The van der Waals surface area contributed by atoms with Crippen LogP contribution in [-0.2, 0) is 13.0 Å². The molecule has 5 heteroatoms. The molecule has 2 rings (SSSR count). The van der Waals surface area contributed by atoms with Gasteiger partial charge in [0.2, 0.25) is 0 Å². The molecule has 0 N–H and O–H groups in total. The topological polar surface area (TPSA) is 17.8 Å². The summed E-state index contributed by atoms with van der Waals surface area (Å²) in [6.45, 7) is 5.52. The Hall–Kier alpha value is -1.26. The molecule has 1 aromatic rings. The monoisotopic (exact) mass is 230 g/mol. The van der Waals surface area contributed by atoms with Gasteiger partial charge in [-0.3, -0.25) is 0 Å². The summed E-state index contributed by atoms with van der Waals surface area (Å²) in [5.74, 6) is -0.509. The van der Waals surface area contributed by atoms with Crippen LogP contribution < -0.4 is 0 Å². The minimum atomic E-state index is -4.11. The molecule has 0 aliphatic carbocycles. The molecule has 1 aliphatic heterocycles. The van der Waals surface area contributed by atoms with Gasteiger partial charge in [0.05, 0.1) is 11.6 Å². The number of nitrogens with zero attached hydrogens (tertiary/aromatic N) is 2. The summed E-state index contributed by atoms with van der Waals surface area (Å²) in [5, 5.41) is 0. The van der Waals surface area contributed by atoms with Crippen molar-refractivity contribution in [3.8, 4) is 0 Å². The Morgan fingerprint density at radius 3 is 2.81 bits per heavy atom. The number of allylic oxidation sites excluding steroid dienone is 1. The highest BCUT2D eigenvalue weighted by atomic mass is 19.4. The summed E-state index contributed by atoms with van der Waals surface area (Å²) in [5.41, 5.74) is 1.48. The van der Waals surface area contributed by atoms with Gasteiger partial charge in [0.15, 0.2) is 0 Å². The maximum absolute atomic E-state index is 12.5. The average molecular weight is 230 g/mol. The van der Waals surface area contributed by atoms with E-state index in [9.17, 15) is 13.2 Å². The highest BCUT2D eigenvalue weighted by Crippen LogP contribution is 2.34. The molecule has 0 bridgehead atoms. The fourth-order valence-corrected chi connectivity index (χ4v) is 1.92. The number of fused-ring (bicyclic) bond motifs is 1. The van der Waals surface area contributed by atoms with Crippen molar-refractivity contribution in [1.29, 1.82) is 0 Å². The first-order chi connectivity index (χ1) is 7.38. The number of hydrogen-bond acceptors (Lipinski definition) is 1. The maximum atomic E-state index is 12.5. The standard InChI is InChI=1S/C11H13F3N2/c1-7(2)9-6-16-5-8(11(12,13)14)3-4-10(16)15-9/h6,8H,1,3-5H2,2H3. The Morgan fingerprint density at radius 2 is 2.25 bits per heavy atom. The van der Waals surface area contributed by atoms with E-state index in [0.717, 1.165) is 11.4 Å². The van der Waals surface area contributed by atoms with Gasteiger partial charge in [0.1, 0.15) is 5.82 Å². The zero-order chi connectivity index (χ0) is 11.9. The van der Waals surface area contributed by atoms with Gasteiger partial charge in [-0.1, -0.05) is 6.58 Å². The van der Waals surface area contributed by atoms with E-state index in [1.165, 1.54) is 0 Å². The number of hydrogen-bond donors (Lipinski definition) is 0. The third-order valence-corrected chi connectivity index (χ3v) is 2.89. The number of aryl methyl sites for hydroxylation is 1. The van der Waals surface area contributed by atoms with Gasteiger partial charge in [-0.25, -0.2) is 4.98 Å². The zero-order valence-electron chi connectivity index (χ0n) is 9.01. The molecular weight excluding hydrogens is 217 g/mol. The van der Waals surface area contributed by atoms with Crippen molar-refractivity contribution in [2.24, 2.45) is 5.92 Å². The summed E-state index contributed by atoms with van der Waals surface area (Å²) in [4.78, 5) is 4.26. The lowest BCUT2D eigenvalue weighted by Crippen LogP contribution is -2.31. The normalized spacial score (nSPS) is 20.6. The first-order valence-electron chi connectivity index (χ1n) is 5.16. The van der Waals surface area contributed by atoms with Crippen LogP contribution >= 0.6 is 0 Å². The third kappa shape index (κ3) is 1.99. The van der Waals surface area contributed by atoms with Gasteiger partial charge in [-0.05, 0) is 18.9 Å². The second kappa shape index (κ2) is 3.64. The highest BCUT2D eigenvalue weighted by molar-refractivity contribution is 5.57. The lowest BCUT2D eigenvalue weighted by molar-refractivity contribution is -0.182. The highest BCUT2D eigenvalue weighted by Gasteiger charge is 2.41. The lowest BCUT2D eigenvalue weighted by Gasteiger charge is -2.25. The van der Waals surface area contributed by atoms with E-state index in [2.05, 4.69) is 11.6 Å². The lowest BCUT2D eigenvalue weighted by atomic mass is 9.99. The van der Waals surface area contributed by atoms with E-state index in [1.54, 1.807) is 17.7 Å². The number of aromatic nitrogens is 2. The van der Waals surface area contributed by atoms with Crippen molar-refractivity contribution in [2.75, 3.05) is 0 Å². The van der Waals surface area contributed by atoms with Crippen molar-refractivity contribution in [1.82, 2.24) is 9.55 Å². The van der Waals surface area contributed by atoms with Gasteiger partial charge in [-0.15, -0.1) is 0 Å². The third-order valence-electron chi connectivity index (χ3n) is 2.89. The number of imidazole rings is 1. The first kappa shape index (κ1) is 11.2. The van der Waals surface area contributed by atoms with Crippen molar-refractivity contribution >= 4 is 5.57 Å². The van der Waals surface area contributed by atoms with Gasteiger partial charge in [-0.2, -0.15) is 13.2 Å². The maximum Gasteiger partial charge on any atom is 0.393 e. The van der Waals surface area contributed by atoms with Crippen LogP contribution in [0.25, 0.3) is 5.57 Å². The van der Waals surface area contributed by atoms with Crippen LogP contribution in [0.2, 0.25) is 0 Å². The summed E-state index contributed by atoms with van der Waals surface area (Å²) in [6, 6.07) is 0. The molecule has 0 fully saturated rings. The van der Waals surface area contributed by atoms with E-state index < -0.39 is 12.1 Å². The summed E-state index contributed by atoms with van der Waals surface area (Å²) in [7, 11) is 0. The molecule has 1 unspecified atom stereocenters. The molecule has 2 heterocycles. The van der Waals surface area contributed by atoms with Crippen LogP contribution in [0, 0.1) is 5.92 Å². The van der Waals surface area contributed by atoms with E-state index in [1.807, 2.05) is 0 Å². The zero-order valence-corrected chi connectivity index (χ0v) is 9.01. The Balaban J connectivity index is 2.24. The second-order valence-electron chi connectivity index (χ2n) is 4.25. The number of rotatable bonds is 1. The van der Waals surface area contributed by atoms with Gasteiger partial charge in [0.25, 0.3) is 0 Å². The Labute approximate surface area is 91.8 Å². The fraction of sp³-hybridized carbons (Fsp3) is 0.545. The molecule has 16 heavy (non-hydrogen) atoms. The number of alkyl halides is 3. The molecule has 0 amide bonds. The largest absolute Gasteiger partial charge is 0.393 e. The minimum Gasteiger partial charge on any atom is -0.334 e. The Bertz CT molecular complexity index is 417. The van der Waals surface area contributed by atoms with E-state index in [4.69, 9.17) is 0 Å². The average Bonchev–Trinajstić information content (AvgIpc) is 2.58. The van der Waals surface area contributed by atoms with E-state index in [-0.39, 0.29) is 13.0 Å². The Morgan fingerprint density at radius 1 is 1.56 bits per heavy atom. The SMILES string of the molecule is C=C(C)c1cn2c(n1)CCC(C(F)(F)F)C2.